The molecule has 3 rings (SSSR count). The lowest BCUT2D eigenvalue weighted by atomic mass is 10.1. The van der Waals surface area contributed by atoms with Gasteiger partial charge in [0.2, 0.25) is 10.7 Å². The molecule has 0 fully saturated rings. The quantitative estimate of drug-likeness (QED) is 0.733. The fraction of sp³-hybridized carbons (Fsp3) is 0. The molecule has 0 saturated carbocycles. The lowest BCUT2D eigenvalue weighted by Gasteiger charge is -2.10. The fourth-order valence-corrected chi connectivity index (χ4v) is 2.42. The number of fused-ring (bicyclic) bond motifs is 1. The van der Waals surface area contributed by atoms with Gasteiger partial charge in [0.15, 0.2) is 0 Å². The molecule has 2 heterocycles. The number of nitrogens with zero attached hydrogens (tertiary/aromatic N) is 4. The number of nitrogen functional groups attached to an aromatic ring is 1. The molecule has 1 amide bonds. The number of carbonyl (C=O) groups excluding carboxylic acids is 1. The Morgan fingerprint density at radius 3 is 2.70 bits per heavy atom. The zero-order valence-corrected chi connectivity index (χ0v) is 11.7. The van der Waals surface area contributed by atoms with Gasteiger partial charge in [-0.2, -0.15) is 4.98 Å². The van der Waals surface area contributed by atoms with Crippen LogP contribution in [-0.4, -0.2) is 25.7 Å². The second-order valence-corrected chi connectivity index (χ2v) is 4.76. The highest BCUT2D eigenvalue weighted by Gasteiger charge is 2.18. The van der Waals surface area contributed by atoms with E-state index in [2.05, 4.69) is 31.0 Å². The first-order valence-corrected chi connectivity index (χ1v) is 6.43. The summed E-state index contributed by atoms with van der Waals surface area (Å²) in [6.07, 6.45) is 1.42. The van der Waals surface area contributed by atoms with Gasteiger partial charge in [0.25, 0.3) is 5.91 Å². The van der Waals surface area contributed by atoms with Crippen LogP contribution in [0.25, 0.3) is 16.6 Å². The molecule has 20 heavy (non-hydrogen) atoms. The van der Waals surface area contributed by atoms with E-state index in [0.717, 1.165) is 5.39 Å². The summed E-state index contributed by atoms with van der Waals surface area (Å²) in [7, 11) is 0. The molecule has 100 valence electrons. The van der Waals surface area contributed by atoms with Crippen LogP contribution in [0.5, 0.6) is 0 Å². The fourth-order valence-electron chi connectivity index (χ4n) is 1.99. The maximum atomic E-state index is 11.6. The van der Waals surface area contributed by atoms with E-state index in [1.807, 2.05) is 24.3 Å². The first kappa shape index (κ1) is 12.5. The van der Waals surface area contributed by atoms with Gasteiger partial charge >= 0.3 is 0 Å². The topological polar surface area (TPSA) is 113 Å². The number of pyridine rings is 1. The van der Waals surface area contributed by atoms with Crippen LogP contribution in [-0.2, 0) is 0 Å². The largest absolute Gasteiger partial charge is 0.366 e. The number of hydrogen-bond donors (Lipinski definition) is 2. The average Bonchev–Trinajstić information content (AvgIpc) is 2.76. The van der Waals surface area contributed by atoms with Crippen molar-refractivity contribution >= 4 is 38.7 Å². The number of primary amides is 1. The van der Waals surface area contributed by atoms with Gasteiger partial charge in [-0.15, -0.1) is 5.10 Å². The minimum Gasteiger partial charge on any atom is -0.366 e. The van der Waals surface area contributed by atoms with Crippen LogP contribution in [0.1, 0.15) is 10.4 Å². The Morgan fingerprint density at radius 2 is 2.05 bits per heavy atom. The van der Waals surface area contributed by atoms with Gasteiger partial charge in [0, 0.05) is 11.6 Å². The van der Waals surface area contributed by atoms with Crippen molar-refractivity contribution in [2.75, 3.05) is 5.73 Å². The molecule has 0 aliphatic carbocycles. The summed E-state index contributed by atoms with van der Waals surface area (Å²) in [4.78, 5) is 19.8. The standard InChI is InChI=1S/C12H9BrN6O/c13-11-17-12(15)18-19(11)9-6-3-1-2-4-8(6)16-5-7(9)10(14)20/h1-5H,(H2,14,20)(H2,15,18). The van der Waals surface area contributed by atoms with E-state index in [4.69, 9.17) is 11.5 Å². The van der Waals surface area contributed by atoms with E-state index in [9.17, 15) is 4.79 Å². The van der Waals surface area contributed by atoms with Crippen molar-refractivity contribution in [3.8, 4) is 5.69 Å². The van der Waals surface area contributed by atoms with Crippen LogP contribution in [0, 0.1) is 0 Å². The maximum Gasteiger partial charge on any atom is 0.252 e. The molecule has 0 atom stereocenters. The molecule has 0 saturated heterocycles. The molecule has 1 aromatic carbocycles. The van der Waals surface area contributed by atoms with Gasteiger partial charge in [-0.05, 0) is 22.0 Å². The average molecular weight is 333 g/mol. The first-order chi connectivity index (χ1) is 9.58. The Balaban J connectivity index is 2.45. The number of carbonyl (C=O) groups is 1. The zero-order chi connectivity index (χ0) is 14.3. The minimum absolute atomic E-state index is 0.0909. The number of amides is 1. The van der Waals surface area contributed by atoms with E-state index in [0.29, 0.717) is 15.9 Å². The molecule has 0 bridgehead atoms. The molecule has 2 aromatic heterocycles. The van der Waals surface area contributed by atoms with E-state index >= 15 is 0 Å². The van der Waals surface area contributed by atoms with Gasteiger partial charge in [0.1, 0.15) is 0 Å². The van der Waals surface area contributed by atoms with E-state index in [1.165, 1.54) is 10.9 Å². The predicted molar refractivity (Wildman–Crippen MR) is 77.3 cm³/mol. The highest BCUT2D eigenvalue weighted by atomic mass is 79.9. The van der Waals surface area contributed by atoms with Crippen molar-refractivity contribution < 1.29 is 4.79 Å². The molecule has 0 aliphatic rings. The van der Waals surface area contributed by atoms with Crippen molar-refractivity contribution in [2.45, 2.75) is 0 Å². The molecule has 7 nitrogen and oxygen atoms in total. The number of aromatic nitrogens is 4. The van der Waals surface area contributed by atoms with Gasteiger partial charge in [-0.25, -0.2) is 4.68 Å². The van der Waals surface area contributed by atoms with Crippen LogP contribution in [0.4, 0.5) is 5.95 Å². The van der Waals surface area contributed by atoms with Crippen molar-refractivity contribution in [1.82, 2.24) is 19.7 Å². The summed E-state index contributed by atoms with van der Waals surface area (Å²) in [5, 5.41) is 4.81. The maximum absolute atomic E-state index is 11.6. The number of para-hydroxylation sites is 1. The summed E-state index contributed by atoms with van der Waals surface area (Å²) in [5.74, 6) is -0.507. The summed E-state index contributed by atoms with van der Waals surface area (Å²) in [6, 6.07) is 7.35. The number of benzene rings is 1. The van der Waals surface area contributed by atoms with E-state index in [-0.39, 0.29) is 11.5 Å². The van der Waals surface area contributed by atoms with Crippen LogP contribution >= 0.6 is 15.9 Å². The Labute approximate surface area is 121 Å². The summed E-state index contributed by atoms with van der Waals surface area (Å²) in [6.45, 7) is 0. The number of halogens is 1. The Hall–Kier alpha value is -2.48. The number of hydrogen-bond acceptors (Lipinski definition) is 5. The Bertz CT molecular complexity index is 828. The molecule has 0 spiro atoms. The third kappa shape index (κ3) is 1.90. The van der Waals surface area contributed by atoms with Crippen LogP contribution in [0.3, 0.4) is 0 Å². The molecule has 0 unspecified atom stereocenters. The monoisotopic (exact) mass is 332 g/mol. The highest BCUT2D eigenvalue weighted by molar-refractivity contribution is 9.10. The number of anilines is 1. The summed E-state index contributed by atoms with van der Waals surface area (Å²) in [5.41, 5.74) is 12.5. The van der Waals surface area contributed by atoms with Crippen molar-refractivity contribution in [3.63, 3.8) is 0 Å². The zero-order valence-electron chi connectivity index (χ0n) is 10.1. The lowest BCUT2D eigenvalue weighted by Crippen LogP contribution is -2.16. The molecule has 3 aromatic rings. The summed E-state index contributed by atoms with van der Waals surface area (Å²) < 4.78 is 1.81. The van der Waals surface area contributed by atoms with Crippen molar-refractivity contribution in [2.24, 2.45) is 5.73 Å². The number of rotatable bonds is 2. The van der Waals surface area contributed by atoms with Crippen molar-refractivity contribution in [1.29, 1.82) is 0 Å². The van der Waals surface area contributed by atoms with Crippen LogP contribution < -0.4 is 11.5 Å². The van der Waals surface area contributed by atoms with Gasteiger partial charge in [0.05, 0.1) is 16.8 Å². The lowest BCUT2D eigenvalue weighted by molar-refractivity contribution is 0.1000. The normalized spacial score (nSPS) is 10.8. The molecular formula is C12H9BrN6O. The minimum atomic E-state index is -0.598. The predicted octanol–water partition coefficient (Wildman–Crippen LogP) is 1.26. The third-order valence-electron chi connectivity index (χ3n) is 2.81. The smallest absolute Gasteiger partial charge is 0.252 e. The van der Waals surface area contributed by atoms with E-state index < -0.39 is 5.91 Å². The first-order valence-electron chi connectivity index (χ1n) is 5.64. The third-order valence-corrected chi connectivity index (χ3v) is 3.32. The van der Waals surface area contributed by atoms with Gasteiger partial charge in [-0.3, -0.25) is 9.78 Å². The summed E-state index contributed by atoms with van der Waals surface area (Å²) >= 11 is 3.26. The van der Waals surface area contributed by atoms with Gasteiger partial charge < -0.3 is 11.5 Å². The van der Waals surface area contributed by atoms with Crippen LogP contribution in [0.2, 0.25) is 0 Å². The highest BCUT2D eigenvalue weighted by Crippen LogP contribution is 2.26. The Morgan fingerprint density at radius 1 is 1.30 bits per heavy atom. The van der Waals surface area contributed by atoms with Gasteiger partial charge in [-0.1, -0.05) is 18.2 Å². The second kappa shape index (κ2) is 4.57. The molecule has 8 heteroatoms. The van der Waals surface area contributed by atoms with Crippen LogP contribution in [0.15, 0.2) is 35.2 Å². The SMILES string of the molecule is NC(=O)c1cnc2ccccc2c1-n1nc(N)nc1Br. The van der Waals surface area contributed by atoms with E-state index in [1.54, 1.807) is 0 Å². The number of nitrogens with two attached hydrogens (primary N) is 2. The van der Waals surface area contributed by atoms with Crippen molar-refractivity contribution in [3.05, 3.63) is 40.8 Å². The molecule has 4 N–H and O–H groups in total. The molecule has 0 aliphatic heterocycles. The second-order valence-electron chi connectivity index (χ2n) is 4.05. The molecule has 0 radical (unpaired) electrons. The molecular weight excluding hydrogens is 324 g/mol. The Kier molecular flexibility index (Phi) is 2.87.